The molecular formula is C17H18N4O2S. The number of imidazole rings is 1. The molecule has 7 heteroatoms. The molecule has 3 rings (SSSR count). The smallest absolute Gasteiger partial charge is 0.271 e. The summed E-state index contributed by atoms with van der Waals surface area (Å²) in [6.45, 7) is 2.37. The van der Waals surface area contributed by atoms with E-state index in [-0.39, 0.29) is 11.9 Å². The predicted octanol–water partition coefficient (Wildman–Crippen LogP) is 2.97. The Morgan fingerprint density at radius 1 is 1.38 bits per heavy atom. The number of nitrogens with zero attached hydrogens (tertiary/aromatic N) is 3. The Kier molecular flexibility index (Phi) is 5.02. The van der Waals surface area contributed by atoms with Gasteiger partial charge in [-0.25, -0.2) is 9.97 Å². The van der Waals surface area contributed by atoms with Gasteiger partial charge in [0.2, 0.25) is 0 Å². The number of carbonyl (C=O) groups is 1. The highest BCUT2D eigenvalue weighted by molar-refractivity contribution is 7.09. The minimum absolute atomic E-state index is 0.109. The molecule has 0 bridgehead atoms. The zero-order chi connectivity index (χ0) is 16.9. The van der Waals surface area contributed by atoms with Crippen LogP contribution in [0.1, 0.15) is 34.0 Å². The molecule has 2 heterocycles. The first kappa shape index (κ1) is 16.4. The van der Waals surface area contributed by atoms with Gasteiger partial charge in [-0.3, -0.25) is 4.79 Å². The van der Waals surface area contributed by atoms with Crippen molar-refractivity contribution in [1.82, 2.24) is 19.9 Å². The Morgan fingerprint density at radius 2 is 2.17 bits per heavy atom. The number of hydrogen-bond donors (Lipinski definition) is 1. The topological polar surface area (TPSA) is 69.0 Å². The lowest BCUT2D eigenvalue weighted by molar-refractivity contribution is 0.0935. The van der Waals surface area contributed by atoms with Crippen LogP contribution < -0.4 is 5.32 Å². The van der Waals surface area contributed by atoms with E-state index in [0.717, 1.165) is 16.3 Å². The molecule has 3 aromatic rings. The summed E-state index contributed by atoms with van der Waals surface area (Å²) < 4.78 is 6.95. The van der Waals surface area contributed by atoms with Crippen LogP contribution in [0.25, 0.3) is 5.69 Å². The van der Waals surface area contributed by atoms with E-state index in [2.05, 4.69) is 15.3 Å². The van der Waals surface area contributed by atoms with Crippen molar-refractivity contribution in [2.45, 2.75) is 19.6 Å². The second kappa shape index (κ2) is 7.37. The fraction of sp³-hybridized carbons (Fsp3) is 0.235. The molecule has 24 heavy (non-hydrogen) atoms. The number of nitrogens with one attached hydrogen (secondary N) is 1. The monoisotopic (exact) mass is 342 g/mol. The Hall–Kier alpha value is -2.51. The Balaban J connectivity index is 1.65. The molecule has 0 saturated heterocycles. The van der Waals surface area contributed by atoms with Gasteiger partial charge in [-0.1, -0.05) is 12.1 Å². The van der Waals surface area contributed by atoms with Crippen molar-refractivity contribution in [2.75, 3.05) is 7.11 Å². The lowest BCUT2D eigenvalue weighted by atomic mass is 10.1. The number of aromatic nitrogens is 3. The predicted molar refractivity (Wildman–Crippen MR) is 92.3 cm³/mol. The largest absolute Gasteiger partial charge is 0.378 e. The van der Waals surface area contributed by atoms with E-state index in [1.807, 2.05) is 42.0 Å². The van der Waals surface area contributed by atoms with Gasteiger partial charge in [-0.2, -0.15) is 0 Å². The van der Waals surface area contributed by atoms with Gasteiger partial charge in [0.25, 0.3) is 5.91 Å². The molecule has 0 spiro atoms. The molecule has 0 fully saturated rings. The number of methoxy groups -OCH3 is 1. The van der Waals surface area contributed by atoms with Crippen LogP contribution in [-0.2, 0) is 11.3 Å². The second-order valence-corrected chi connectivity index (χ2v) is 6.26. The van der Waals surface area contributed by atoms with Crippen LogP contribution in [-0.4, -0.2) is 27.6 Å². The zero-order valence-electron chi connectivity index (χ0n) is 13.5. The highest BCUT2D eigenvalue weighted by Crippen LogP contribution is 2.17. The number of rotatable bonds is 6. The SMILES string of the molecule is COCc1nc(C(=O)NC(C)c2ccc(-n3ccnc3)cc2)cs1. The first-order valence-corrected chi connectivity index (χ1v) is 8.38. The van der Waals surface area contributed by atoms with Gasteiger partial charge in [0.15, 0.2) is 0 Å². The summed E-state index contributed by atoms with van der Waals surface area (Å²) in [5.74, 6) is -0.181. The van der Waals surface area contributed by atoms with E-state index in [9.17, 15) is 4.79 Å². The van der Waals surface area contributed by atoms with Gasteiger partial charge in [-0.15, -0.1) is 11.3 Å². The third-order valence-corrected chi connectivity index (χ3v) is 4.42. The van der Waals surface area contributed by atoms with E-state index in [4.69, 9.17) is 4.74 Å². The van der Waals surface area contributed by atoms with Crippen molar-refractivity contribution in [3.05, 3.63) is 64.6 Å². The molecule has 1 atom stereocenters. The maximum atomic E-state index is 12.3. The lowest BCUT2D eigenvalue weighted by Crippen LogP contribution is -2.27. The van der Waals surface area contributed by atoms with E-state index in [0.29, 0.717) is 12.3 Å². The molecule has 6 nitrogen and oxygen atoms in total. The third-order valence-electron chi connectivity index (χ3n) is 3.60. The summed E-state index contributed by atoms with van der Waals surface area (Å²) in [7, 11) is 1.61. The van der Waals surface area contributed by atoms with Gasteiger partial charge in [0, 0.05) is 30.6 Å². The van der Waals surface area contributed by atoms with Gasteiger partial charge in [0.05, 0.1) is 19.0 Å². The van der Waals surface area contributed by atoms with Crippen LogP contribution in [0.5, 0.6) is 0 Å². The standard InChI is InChI=1S/C17H18N4O2S/c1-12(19-17(22)15-10-24-16(20-15)9-23-2)13-3-5-14(6-4-13)21-8-7-18-11-21/h3-8,10-12H,9H2,1-2H3,(H,19,22). The fourth-order valence-electron chi connectivity index (χ4n) is 2.31. The molecule has 0 saturated carbocycles. The summed E-state index contributed by atoms with van der Waals surface area (Å²) in [6.07, 6.45) is 5.38. The average Bonchev–Trinajstić information content (AvgIpc) is 3.27. The van der Waals surface area contributed by atoms with Gasteiger partial charge < -0.3 is 14.6 Å². The Morgan fingerprint density at radius 3 is 2.83 bits per heavy atom. The van der Waals surface area contributed by atoms with Crippen molar-refractivity contribution >= 4 is 17.2 Å². The summed E-state index contributed by atoms with van der Waals surface area (Å²) in [4.78, 5) is 20.6. The zero-order valence-corrected chi connectivity index (χ0v) is 14.3. The number of thiazole rings is 1. The number of carbonyl (C=O) groups excluding carboxylic acids is 1. The lowest BCUT2D eigenvalue weighted by Gasteiger charge is -2.14. The molecule has 0 aliphatic carbocycles. The molecule has 1 N–H and O–H groups in total. The summed E-state index contributed by atoms with van der Waals surface area (Å²) in [6, 6.07) is 7.88. The normalized spacial score (nSPS) is 12.1. The Bertz CT molecular complexity index is 796. The number of hydrogen-bond acceptors (Lipinski definition) is 5. The van der Waals surface area contributed by atoms with Crippen LogP contribution in [0.15, 0.2) is 48.4 Å². The maximum absolute atomic E-state index is 12.3. The summed E-state index contributed by atoms with van der Waals surface area (Å²) >= 11 is 1.42. The second-order valence-electron chi connectivity index (χ2n) is 5.32. The maximum Gasteiger partial charge on any atom is 0.271 e. The molecule has 0 radical (unpaired) electrons. The molecule has 1 aromatic carbocycles. The van der Waals surface area contributed by atoms with Gasteiger partial charge in [0.1, 0.15) is 10.7 Å². The van der Waals surface area contributed by atoms with Crippen LogP contribution in [0, 0.1) is 0 Å². The molecule has 0 aliphatic heterocycles. The summed E-state index contributed by atoms with van der Waals surface area (Å²) in [5, 5.41) is 5.51. The van der Waals surface area contributed by atoms with E-state index >= 15 is 0 Å². The van der Waals surface area contributed by atoms with Gasteiger partial charge in [-0.05, 0) is 24.6 Å². The first-order valence-electron chi connectivity index (χ1n) is 7.50. The van der Waals surface area contributed by atoms with Crippen molar-refractivity contribution in [3.8, 4) is 5.69 Å². The fourth-order valence-corrected chi connectivity index (χ4v) is 3.05. The molecule has 1 unspecified atom stereocenters. The quantitative estimate of drug-likeness (QED) is 0.748. The van der Waals surface area contributed by atoms with Crippen molar-refractivity contribution in [1.29, 1.82) is 0 Å². The molecule has 0 aliphatic rings. The van der Waals surface area contributed by atoms with E-state index in [1.54, 1.807) is 25.0 Å². The van der Waals surface area contributed by atoms with E-state index in [1.165, 1.54) is 11.3 Å². The van der Waals surface area contributed by atoms with Crippen molar-refractivity contribution in [3.63, 3.8) is 0 Å². The molecular weight excluding hydrogens is 324 g/mol. The molecule has 124 valence electrons. The van der Waals surface area contributed by atoms with Crippen LogP contribution in [0.4, 0.5) is 0 Å². The van der Waals surface area contributed by atoms with E-state index < -0.39 is 0 Å². The summed E-state index contributed by atoms with van der Waals surface area (Å²) in [5.41, 5.74) is 2.48. The van der Waals surface area contributed by atoms with Crippen LogP contribution in [0.2, 0.25) is 0 Å². The number of amides is 1. The average molecular weight is 342 g/mol. The highest BCUT2D eigenvalue weighted by atomic mass is 32.1. The molecule has 1 amide bonds. The Labute approximate surface area is 144 Å². The molecule has 2 aromatic heterocycles. The minimum atomic E-state index is -0.181. The number of benzene rings is 1. The van der Waals surface area contributed by atoms with Crippen LogP contribution in [0.3, 0.4) is 0 Å². The third kappa shape index (κ3) is 3.69. The number of ether oxygens (including phenoxy) is 1. The van der Waals surface area contributed by atoms with Crippen molar-refractivity contribution in [2.24, 2.45) is 0 Å². The minimum Gasteiger partial charge on any atom is -0.378 e. The highest BCUT2D eigenvalue weighted by Gasteiger charge is 2.14. The van der Waals surface area contributed by atoms with Crippen LogP contribution >= 0.6 is 11.3 Å². The first-order chi connectivity index (χ1) is 11.7. The van der Waals surface area contributed by atoms with Crippen molar-refractivity contribution < 1.29 is 9.53 Å². The van der Waals surface area contributed by atoms with Gasteiger partial charge >= 0.3 is 0 Å².